The van der Waals surface area contributed by atoms with Gasteiger partial charge in [0.05, 0.1) is 6.26 Å². The molecule has 1 aromatic heterocycles. The average Bonchev–Trinajstić information content (AvgIpc) is 2.93. The summed E-state index contributed by atoms with van der Waals surface area (Å²) in [6.45, 7) is 6.50. The van der Waals surface area contributed by atoms with Crippen molar-refractivity contribution in [3.8, 4) is 0 Å². The fourth-order valence-corrected chi connectivity index (χ4v) is 4.41. The summed E-state index contributed by atoms with van der Waals surface area (Å²) in [6.07, 6.45) is 2.25. The molecule has 4 nitrogen and oxygen atoms in total. The zero-order valence-corrected chi connectivity index (χ0v) is 13.4. The van der Waals surface area contributed by atoms with E-state index in [1.54, 1.807) is 15.6 Å². The van der Waals surface area contributed by atoms with Gasteiger partial charge in [-0.05, 0) is 49.7 Å². The molecule has 19 heavy (non-hydrogen) atoms. The van der Waals surface area contributed by atoms with E-state index in [2.05, 4.69) is 30.6 Å². The molecule has 1 fully saturated rings. The zero-order chi connectivity index (χ0) is 14.0. The van der Waals surface area contributed by atoms with Crippen LogP contribution in [0.25, 0.3) is 0 Å². The lowest BCUT2D eigenvalue weighted by Crippen LogP contribution is -2.30. The van der Waals surface area contributed by atoms with Gasteiger partial charge in [0.2, 0.25) is 10.0 Å². The van der Waals surface area contributed by atoms with E-state index < -0.39 is 10.0 Å². The number of hydrogen-bond donors (Lipinski definition) is 1. The maximum Gasteiger partial charge on any atom is 0.211 e. The van der Waals surface area contributed by atoms with E-state index in [-0.39, 0.29) is 0 Å². The van der Waals surface area contributed by atoms with Gasteiger partial charge < -0.3 is 5.32 Å². The summed E-state index contributed by atoms with van der Waals surface area (Å²) >= 11 is 1.78. The summed E-state index contributed by atoms with van der Waals surface area (Å²) in [5.74, 6) is 0.428. The molecule has 1 aliphatic heterocycles. The highest BCUT2D eigenvalue weighted by atomic mass is 32.2. The van der Waals surface area contributed by atoms with Crippen LogP contribution in [0.3, 0.4) is 0 Å². The van der Waals surface area contributed by atoms with Crippen molar-refractivity contribution < 1.29 is 8.42 Å². The van der Waals surface area contributed by atoms with Crippen molar-refractivity contribution in [2.24, 2.45) is 5.92 Å². The van der Waals surface area contributed by atoms with Crippen LogP contribution in [0.4, 0.5) is 0 Å². The smallest absolute Gasteiger partial charge is 0.211 e. The van der Waals surface area contributed by atoms with Crippen molar-refractivity contribution in [2.45, 2.75) is 26.3 Å². The highest BCUT2D eigenvalue weighted by molar-refractivity contribution is 7.88. The van der Waals surface area contributed by atoms with Gasteiger partial charge in [0.25, 0.3) is 0 Å². The second kappa shape index (κ2) is 5.91. The molecule has 1 aromatic rings. The van der Waals surface area contributed by atoms with Gasteiger partial charge in [-0.25, -0.2) is 12.7 Å². The molecule has 1 N–H and O–H groups in total. The molecule has 0 aliphatic carbocycles. The molecule has 2 rings (SSSR count). The monoisotopic (exact) mass is 302 g/mol. The van der Waals surface area contributed by atoms with Crippen LogP contribution in [0, 0.1) is 12.8 Å². The van der Waals surface area contributed by atoms with Crippen LogP contribution in [0.2, 0.25) is 0 Å². The summed E-state index contributed by atoms with van der Waals surface area (Å²) < 4.78 is 24.5. The minimum atomic E-state index is -3.02. The zero-order valence-electron chi connectivity index (χ0n) is 11.7. The Balaban J connectivity index is 1.83. The highest BCUT2D eigenvalue weighted by Crippen LogP contribution is 2.24. The number of sulfonamides is 1. The molecule has 0 radical (unpaired) electrons. The lowest BCUT2D eigenvalue weighted by molar-refractivity contribution is 0.434. The highest BCUT2D eigenvalue weighted by Gasteiger charge is 2.28. The van der Waals surface area contributed by atoms with E-state index >= 15 is 0 Å². The predicted molar refractivity (Wildman–Crippen MR) is 80.0 cm³/mol. The third-order valence-corrected chi connectivity index (χ3v) is 6.20. The van der Waals surface area contributed by atoms with Crippen molar-refractivity contribution in [1.82, 2.24) is 9.62 Å². The van der Waals surface area contributed by atoms with E-state index in [1.165, 1.54) is 16.7 Å². The van der Waals surface area contributed by atoms with Crippen LogP contribution in [0.5, 0.6) is 0 Å². The first-order chi connectivity index (χ1) is 8.88. The summed E-state index contributed by atoms with van der Waals surface area (Å²) in [5.41, 5.74) is 1.33. The quantitative estimate of drug-likeness (QED) is 0.905. The molecular weight excluding hydrogens is 280 g/mol. The summed E-state index contributed by atoms with van der Waals surface area (Å²) in [7, 11) is -3.02. The number of nitrogens with zero attached hydrogens (tertiary/aromatic N) is 1. The molecule has 6 heteroatoms. The first-order valence-corrected chi connectivity index (χ1v) is 9.33. The van der Waals surface area contributed by atoms with Gasteiger partial charge in [-0.1, -0.05) is 0 Å². The molecule has 2 atom stereocenters. The first kappa shape index (κ1) is 15.0. The van der Waals surface area contributed by atoms with Crippen LogP contribution in [0.15, 0.2) is 11.4 Å². The summed E-state index contributed by atoms with van der Waals surface area (Å²) in [5, 5.41) is 5.64. The van der Waals surface area contributed by atoms with Gasteiger partial charge in [-0.15, -0.1) is 11.3 Å². The molecule has 1 saturated heterocycles. The van der Waals surface area contributed by atoms with E-state index in [9.17, 15) is 8.42 Å². The van der Waals surface area contributed by atoms with Crippen LogP contribution in [0.1, 0.15) is 29.8 Å². The normalized spacial score (nSPS) is 22.8. The fourth-order valence-electron chi connectivity index (χ4n) is 2.53. The third kappa shape index (κ3) is 3.78. The molecule has 0 saturated carbocycles. The molecule has 0 unspecified atom stereocenters. The van der Waals surface area contributed by atoms with E-state index in [0.717, 1.165) is 13.0 Å². The topological polar surface area (TPSA) is 49.4 Å². The Hall–Kier alpha value is -0.430. The van der Waals surface area contributed by atoms with Crippen LogP contribution >= 0.6 is 11.3 Å². The van der Waals surface area contributed by atoms with Crippen LogP contribution in [-0.4, -0.2) is 38.6 Å². The van der Waals surface area contributed by atoms with Crippen molar-refractivity contribution in [1.29, 1.82) is 0 Å². The van der Waals surface area contributed by atoms with Crippen LogP contribution in [-0.2, 0) is 10.0 Å². The lowest BCUT2D eigenvalue weighted by atomic mass is 10.1. The molecule has 2 heterocycles. The third-order valence-electron chi connectivity index (χ3n) is 3.73. The molecule has 0 bridgehead atoms. The van der Waals surface area contributed by atoms with Crippen LogP contribution < -0.4 is 5.32 Å². The Bertz CT molecular complexity index is 525. The second-order valence-electron chi connectivity index (χ2n) is 5.37. The molecule has 0 amide bonds. The van der Waals surface area contributed by atoms with Crippen molar-refractivity contribution in [2.75, 3.05) is 25.9 Å². The predicted octanol–water partition coefficient (Wildman–Crippen LogP) is 1.99. The Morgan fingerprint density at radius 2 is 2.32 bits per heavy atom. The SMILES string of the molecule is Cc1ccsc1[C@@H](C)NC[C@H]1CCN(S(C)(=O)=O)C1. The number of nitrogens with one attached hydrogen (secondary N) is 1. The summed E-state index contributed by atoms with van der Waals surface area (Å²) in [4.78, 5) is 1.37. The average molecular weight is 302 g/mol. The molecular formula is C13H22N2O2S2. The second-order valence-corrected chi connectivity index (χ2v) is 8.30. The minimum absolute atomic E-state index is 0.340. The van der Waals surface area contributed by atoms with Gasteiger partial charge in [0.1, 0.15) is 0 Å². The Labute approximate surface area is 119 Å². The molecule has 1 aliphatic rings. The summed E-state index contributed by atoms with van der Waals surface area (Å²) in [6, 6.07) is 2.48. The standard InChI is InChI=1S/C13H22N2O2S2/c1-10-5-7-18-13(10)11(2)14-8-12-4-6-15(9-12)19(3,16)17/h5,7,11-12,14H,4,6,8-9H2,1-3H3/t11-,12-/m1/s1. The Kier molecular flexibility index (Phi) is 4.66. The van der Waals surface area contributed by atoms with Gasteiger partial charge in [-0.2, -0.15) is 0 Å². The number of hydrogen-bond acceptors (Lipinski definition) is 4. The van der Waals surface area contributed by atoms with Crippen molar-refractivity contribution in [3.63, 3.8) is 0 Å². The number of thiophene rings is 1. The van der Waals surface area contributed by atoms with Gasteiger partial charge >= 0.3 is 0 Å². The van der Waals surface area contributed by atoms with Gasteiger partial charge in [-0.3, -0.25) is 0 Å². The first-order valence-electron chi connectivity index (χ1n) is 6.60. The largest absolute Gasteiger partial charge is 0.309 e. The lowest BCUT2D eigenvalue weighted by Gasteiger charge is -2.17. The molecule has 0 spiro atoms. The minimum Gasteiger partial charge on any atom is -0.309 e. The molecule has 108 valence electrons. The Morgan fingerprint density at radius 1 is 1.58 bits per heavy atom. The Morgan fingerprint density at radius 3 is 2.84 bits per heavy atom. The van der Waals surface area contributed by atoms with Gasteiger partial charge in [0, 0.05) is 24.0 Å². The maximum absolute atomic E-state index is 11.5. The van der Waals surface area contributed by atoms with E-state index in [4.69, 9.17) is 0 Å². The fraction of sp³-hybridized carbons (Fsp3) is 0.692. The molecule has 0 aromatic carbocycles. The number of rotatable bonds is 5. The van der Waals surface area contributed by atoms with Crippen molar-refractivity contribution in [3.05, 3.63) is 21.9 Å². The van der Waals surface area contributed by atoms with E-state index in [0.29, 0.717) is 25.0 Å². The van der Waals surface area contributed by atoms with Gasteiger partial charge in [0.15, 0.2) is 0 Å². The maximum atomic E-state index is 11.5. The van der Waals surface area contributed by atoms with Crippen molar-refractivity contribution >= 4 is 21.4 Å². The number of aryl methyl sites for hydroxylation is 1. The van der Waals surface area contributed by atoms with E-state index in [1.807, 2.05) is 0 Å².